The Morgan fingerprint density at radius 2 is 2.27 bits per heavy atom. The minimum Gasteiger partial charge on any atom is -0.492 e. The molecular weight excluding hydrogens is 188 g/mol. The number of hydrogen-bond acceptors (Lipinski definition) is 3. The number of nitrogens with two attached hydrogens (primary N) is 1. The second-order valence-electron chi connectivity index (χ2n) is 4.12. The standard InChI is InChI=1S/C12H18N2O/c13-8-11-4-5-12(9-14-11)15-7-6-10-2-1-3-10/h4-5,9-10H,1-3,6-8,13H2. The van der Waals surface area contributed by atoms with Gasteiger partial charge in [0.25, 0.3) is 0 Å². The molecule has 3 nitrogen and oxygen atoms in total. The average molecular weight is 206 g/mol. The van der Waals surface area contributed by atoms with Crippen LogP contribution in [0.15, 0.2) is 18.3 Å². The highest BCUT2D eigenvalue weighted by Gasteiger charge is 2.16. The maximum Gasteiger partial charge on any atom is 0.137 e. The zero-order valence-corrected chi connectivity index (χ0v) is 8.98. The van der Waals surface area contributed by atoms with E-state index >= 15 is 0 Å². The Kier molecular flexibility index (Phi) is 3.56. The fourth-order valence-corrected chi connectivity index (χ4v) is 1.74. The molecule has 1 saturated carbocycles. The number of pyridine rings is 1. The van der Waals surface area contributed by atoms with E-state index < -0.39 is 0 Å². The molecule has 0 aromatic carbocycles. The topological polar surface area (TPSA) is 48.1 Å². The lowest BCUT2D eigenvalue weighted by atomic mass is 9.83. The summed E-state index contributed by atoms with van der Waals surface area (Å²) in [4.78, 5) is 4.18. The Labute approximate surface area is 90.7 Å². The number of nitrogens with zero attached hydrogens (tertiary/aromatic N) is 1. The molecule has 0 aliphatic heterocycles. The second kappa shape index (κ2) is 5.12. The molecule has 1 fully saturated rings. The number of rotatable bonds is 5. The third-order valence-electron chi connectivity index (χ3n) is 3.03. The van der Waals surface area contributed by atoms with Gasteiger partial charge in [0.2, 0.25) is 0 Å². The molecule has 15 heavy (non-hydrogen) atoms. The molecule has 0 bridgehead atoms. The Balaban J connectivity index is 1.72. The first-order valence-corrected chi connectivity index (χ1v) is 5.66. The van der Waals surface area contributed by atoms with Crippen molar-refractivity contribution in [2.24, 2.45) is 11.7 Å². The third-order valence-corrected chi connectivity index (χ3v) is 3.03. The van der Waals surface area contributed by atoms with Gasteiger partial charge in [0, 0.05) is 6.54 Å². The van der Waals surface area contributed by atoms with Gasteiger partial charge in [-0.2, -0.15) is 0 Å². The van der Waals surface area contributed by atoms with Gasteiger partial charge >= 0.3 is 0 Å². The van der Waals surface area contributed by atoms with E-state index in [0.29, 0.717) is 6.54 Å². The van der Waals surface area contributed by atoms with Crippen LogP contribution in [0.4, 0.5) is 0 Å². The molecule has 0 amide bonds. The molecule has 0 unspecified atom stereocenters. The highest BCUT2D eigenvalue weighted by molar-refractivity contribution is 5.19. The van der Waals surface area contributed by atoms with Gasteiger partial charge in [0.1, 0.15) is 5.75 Å². The summed E-state index contributed by atoms with van der Waals surface area (Å²) in [7, 11) is 0. The molecule has 0 saturated heterocycles. The Morgan fingerprint density at radius 3 is 2.80 bits per heavy atom. The number of ether oxygens (including phenoxy) is 1. The highest BCUT2D eigenvalue weighted by atomic mass is 16.5. The van der Waals surface area contributed by atoms with E-state index in [4.69, 9.17) is 10.5 Å². The first kappa shape index (κ1) is 10.4. The Hall–Kier alpha value is -1.09. The van der Waals surface area contributed by atoms with Crippen LogP contribution in [0.3, 0.4) is 0 Å². The van der Waals surface area contributed by atoms with Crippen LogP contribution in [0.2, 0.25) is 0 Å². The van der Waals surface area contributed by atoms with E-state index in [1.54, 1.807) is 6.20 Å². The minimum atomic E-state index is 0.488. The maximum absolute atomic E-state index is 5.61. The molecule has 1 aliphatic rings. The van der Waals surface area contributed by atoms with Crippen LogP contribution in [0.5, 0.6) is 5.75 Å². The number of hydrogen-bond donors (Lipinski definition) is 1. The lowest BCUT2D eigenvalue weighted by molar-refractivity contribution is 0.221. The maximum atomic E-state index is 5.61. The molecule has 1 heterocycles. The van der Waals surface area contributed by atoms with Crippen molar-refractivity contribution in [3.8, 4) is 5.75 Å². The molecule has 2 N–H and O–H groups in total. The molecule has 82 valence electrons. The van der Waals surface area contributed by atoms with E-state index in [2.05, 4.69) is 4.98 Å². The third kappa shape index (κ3) is 2.93. The van der Waals surface area contributed by atoms with Gasteiger partial charge < -0.3 is 10.5 Å². The van der Waals surface area contributed by atoms with Crippen LogP contribution in [0.25, 0.3) is 0 Å². The molecule has 1 aliphatic carbocycles. The van der Waals surface area contributed by atoms with Crippen LogP contribution in [0.1, 0.15) is 31.4 Å². The largest absolute Gasteiger partial charge is 0.492 e. The monoisotopic (exact) mass is 206 g/mol. The van der Waals surface area contributed by atoms with E-state index in [9.17, 15) is 0 Å². The second-order valence-corrected chi connectivity index (χ2v) is 4.12. The van der Waals surface area contributed by atoms with Crippen molar-refractivity contribution in [2.75, 3.05) is 6.61 Å². The first-order chi connectivity index (χ1) is 7.38. The van der Waals surface area contributed by atoms with Gasteiger partial charge in [0.05, 0.1) is 18.5 Å². The summed E-state index contributed by atoms with van der Waals surface area (Å²) in [6.07, 6.45) is 7.10. The van der Waals surface area contributed by atoms with Crippen molar-refractivity contribution in [1.29, 1.82) is 0 Å². The minimum absolute atomic E-state index is 0.488. The van der Waals surface area contributed by atoms with Crippen LogP contribution in [-0.2, 0) is 6.54 Å². The summed E-state index contributed by atoms with van der Waals surface area (Å²) in [5.41, 5.74) is 6.37. The predicted molar refractivity (Wildman–Crippen MR) is 59.6 cm³/mol. The van der Waals surface area contributed by atoms with Crippen molar-refractivity contribution >= 4 is 0 Å². The van der Waals surface area contributed by atoms with Gasteiger partial charge in [-0.3, -0.25) is 4.98 Å². The van der Waals surface area contributed by atoms with Gasteiger partial charge in [0.15, 0.2) is 0 Å². The smallest absolute Gasteiger partial charge is 0.137 e. The molecule has 0 spiro atoms. The van der Waals surface area contributed by atoms with Crippen molar-refractivity contribution in [3.63, 3.8) is 0 Å². The van der Waals surface area contributed by atoms with Gasteiger partial charge in [-0.25, -0.2) is 0 Å². The molecule has 3 heteroatoms. The van der Waals surface area contributed by atoms with E-state index in [0.717, 1.165) is 24.0 Å². The molecule has 1 aromatic heterocycles. The summed E-state index contributed by atoms with van der Waals surface area (Å²) < 4.78 is 5.61. The van der Waals surface area contributed by atoms with Crippen LogP contribution >= 0.6 is 0 Å². The predicted octanol–water partition coefficient (Wildman–Crippen LogP) is 2.11. The summed E-state index contributed by atoms with van der Waals surface area (Å²) in [6.45, 7) is 1.30. The van der Waals surface area contributed by atoms with Crippen LogP contribution in [-0.4, -0.2) is 11.6 Å². The van der Waals surface area contributed by atoms with Crippen molar-refractivity contribution in [3.05, 3.63) is 24.0 Å². The summed E-state index contributed by atoms with van der Waals surface area (Å²) in [5.74, 6) is 1.76. The van der Waals surface area contributed by atoms with Crippen molar-refractivity contribution in [1.82, 2.24) is 4.98 Å². The molecule has 0 radical (unpaired) electrons. The number of aromatic nitrogens is 1. The molecule has 2 rings (SSSR count). The lowest BCUT2D eigenvalue weighted by Gasteiger charge is -2.24. The van der Waals surface area contributed by atoms with E-state index in [1.807, 2.05) is 12.1 Å². The zero-order valence-electron chi connectivity index (χ0n) is 8.98. The molecule has 0 atom stereocenters. The van der Waals surface area contributed by atoms with Gasteiger partial charge in [-0.1, -0.05) is 19.3 Å². The normalized spacial score (nSPS) is 16.1. The zero-order chi connectivity index (χ0) is 10.5. The average Bonchev–Trinajstić information content (AvgIpc) is 2.23. The molecular formula is C12H18N2O. The molecule has 1 aromatic rings. The van der Waals surface area contributed by atoms with Gasteiger partial charge in [-0.15, -0.1) is 0 Å². The summed E-state index contributed by atoms with van der Waals surface area (Å²) in [5, 5.41) is 0. The van der Waals surface area contributed by atoms with Gasteiger partial charge in [-0.05, 0) is 24.5 Å². The quantitative estimate of drug-likeness (QED) is 0.802. The van der Waals surface area contributed by atoms with Crippen LogP contribution < -0.4 is 10.5 Å². The van der Waals surface area contributed by atoms with E-state index in [1.165, 1.54) is 25.7 Å². The fourth-order valence-electron chi connectivity index (χ4n) is 1.74. The fraction of sp³-hybridized carbons (Fsp3) is 0.583. The lowest BCUT2D eigenvalue weighted by Crippen LogP contribution is -2.14. The first-order valence-electron chi connectivity index (χ1n) is 5.66. The SMILES string of the molecule is NCc1ccc(OCCC2CCC2)cn1. The highest BCUT2D eigenvalue weighted by Crippen LogP contribution is 2.29. The van der Waals surface area contributed by atoms with E-state index in [-0.39, 0.29) is 0 Å². The van der Waals surface area contributed by atoms with Crippen molar-refractivity contribution < 1.29 is 4.74 Å². The van der Waals surface area contributed by atoms with Crippen molar-refractivity contribution in [2.45, 2.75) is 32.2 Å². The van der Waals surface area contributed by atoms with Crippen LogP contribution in [0, 0.1) is 5.92 Å². The summed E-state index contributed by atoms with van der Waals surface area (Å²) in [6, 6.07) is 3.86. The Morgan fingerprint density at radius 1 is 1.40 bits per heavy atom. The summed E-state index contributed by atoms with van der Waals surface area (Å²) >= 11 is 0. The Bertz CT molecular complexity index is 293.